The number of benzene rings is 1. The van der Waals surface area contributed by atoms with E-state index in [1.807, 2.05) is 17.0 Å². The van der Waals surface area contributed by atoms with Gasteiger partial charge in [-0.1, -0.05) is 27.5 Å². The zero-order chi connectivity index (χ0) is 18.1. The number of carbonyl (C=O) groups excluding carboxylic acids is 1. The summed E-state index contributed by atoms with van der Waals surface area (Å²) in [7, 11) is 0. The van der Waals surface area contributed by atoms with Gasteiger partial charge in [-0.15, -0.1) is 0 Å². The van der Waals surface area contributed by atoms with Crippen LogP contribution in [0.2, 0.25) is 5.02 Å². The van der Waals surface area contributed by atoms with Gasteiger partial charge in [-0.05, 0) is 37.1 Å². The lowest BCUT2D eigenvalue weighted by Crippen LogP contribution is -2.50. The molecule has 0 aliphatic carbocycles. The maximum Gasteiger partial charge on any atom is 0.236 e. The highest BCUT2D eigenvalue weighted by atomic mass is 79.9. The summed E-state index contributed by atoms with van der Waals surface area (Å²) in [5, 5.41) is 1.69. The van der Waals surface area contributed by atoms with Crippen LogP contribution >= 0.6 is 27.5 Å². The van der Waals surface area contributed by atoms with Gasteiger partial charge in [0.2, 0.25) is 5.91 Å². The molecular weight excluding hydrogens is 416 g/mol. The monoisotopic (exact) mass is 436 g/mol. The van der Waals surface area contributed by atoms with Crippen LogP contribution in [-0.4, -0.2) is 66.5 Å². The lowest BCUT2D eigenvalue weighted by molar-refractivity contribution is -0.131. The average Bonchev–Trinajstić information content (AvgIpc) is 3.17. The van der Waals surface area contributed by atoms with Crippen molar-refractivity contribution in [2.45, 2.75) is 12.8 Å². The maximum absolute atomic E-state index is 12.3. The Morgan fingerprint density at radius 3 is 2.54 bits per heavy atom. The molecule has 0 radical (unpaired) electrons. The highest BCUT2D eigenvalue weighted by Crippen LogP contribution is 2.29. The van der Waals surface area contributed by atoms with Crippen LogP contribution in [0.1, 0.15) is 12.8 Å². The minimum atomic E-state index is 0.275. The fraction of sp³-hybridized carbons (Fsp3) is 0.474. The van der Waals surface area contributed by atoms with Gasteiger partial charge in [0.1, 0.15) is 5.82 Å². The van der Waals surface area contributed by atoms with E-state index in [1.54, 1.807) is 0 Å². The summed E-state index contributed by atoms with van der Waals surface area (Å²) < 4.78 is 0.959. The SMILES string of the molecule is O=C(CN1CCN(c2ccc3cc(Br)cc(Cl)c3n2)CC1)N1CCCC1. The van der Waals surface area contributed by atoms with Gasteiger partial charge in [0.15, 0.2) is 0 Å². The van der Waals surface area contributed by atoms with Crippen molar-refractivity contribution in [1.29, 1.82) is 0 Å². The normalized spacial score (nSPS) is 18.7. The summed E-state index contributed by atoms with van der Waals surface area (Å²) in [6.45, 7) is 5.91. The molecule has 7 heteroatoms. The second-order valence-electron chi connectivity index (χ2n) is 6.98. The molecule has 2 saturated heterocycles. The van der Waals surface area contributed by atoms with Crippen LogP contribution in [0.5, 0.6) is 0 Å². The van der Waals surface area contributed by atoms with Crippen molar-refractivity contribution in [3.8, 4) is 0 Å². The molecule has 2 aromatic rings. The third-order valence-corrected chi connectivity index (χ3v) is 5.96. The summed E-state index contributed by atoms with van der Waals surface area (Å²) in [5.41, 5.74) is 0.832. The standard InChI is InChI=1S/C19H22BrClN4O/c20-15-11-14-3-4-17(22-19(14)16(21)12-15)24-9-7-23(8-10-24)13-18(26)25-5-1-2-6-25/h3-4,11-12H,1-2,5-10,13H2. The molecule has 0 spiro atoms. The Bertz CT molecular complexity index is 817. The number of halogens is 2. The predicted octanol–water partition coefficient (Wildman–Crippen LogP) is 3.40. The molecule has 2 fully saturated rings. The zero-order valence-corrected chi connectivity index (χ0v) is 17.0. The van der Waals surface area contributed by atoms with Crippen LogP contribution in [0.3, 0.4) is 0 Å². The van der Waals surface area contributed by atoms with Crippen LogP contribution < -0.4 is 4.90 Å². The van der Waals surface area contributed by atoms with Gasteiger partial charge < -0.3 is 9.80 Å². The topological polar surface area (TPSA) is 39.7 Å². The summed E-state index contributed by atoms with van der Waals surface area (Å²) in [6, 6.07) is 8.02. The number of likely N-dealkylation sites (tertiary alicyclic amines) is 1. The first-order valence-corrected chi connectivity index (χ1v) is 10.3. The van der Waals surface area contributed by atoms with E-state index in [0.717, 1.165) is 73.3 Å². The number of piperazine rings is 1. The summed E-state index contributed by atoms with van der Waals surface area (Å²) in [6.07, 6.45) is 2.29. The first-order valence-electron chi connectivity index (χ1n) is 9.11. The molecular formula is C19H22BrClN4O. The molecule has 0 saturated carbocycles. The van der Waals surface area contributed by atoms with Crippen LogP contribution in [-0.2, 0) is 4.79 Å². The van der Waals surface area contributed by atoms with Crippen LogP contribution in [0, 0.1) is 0 Å². The molecule has 0 N–H and O–H groups in total. The van der Waals surface area contributed by atoms with E-state index in [4.69, 9.17) is 16.6 Å². The highest BCUT2D eigenvalue weighted by Gasteiger charge is 2.24. The van der Waals surface area contributed by atoms with Crippen molar-refractivity contribution in [2.75, 3.05) is 50.7 Å². The van der Waals surface area contributed by atoms with Gasteiger partial charge in [-0.3, -0.25) is 9.69 Å². The van der Waals surface area contributed by atoms with Crippen molar-refractivity contribution in [1.82, 2.24) is 14.8 Å². The smallest absolute Gasteiger partial charge is 0.236 e. The molecule has 0 atom stereocenters. The Morgan fingerprint density at radius 2 is 1.81 bits per heavy atom. The lowest BCUT2D eigenvalue weighted by Gasteiger charge is -2.35. The first kappa shape index (κ1) is 18.0. The molecule has 2 aliphatic heterocycles. The lowest BCUT2D eigenvalue weighted by atomic mass is 10.2. The fourth-order valence-corrected chi connectivity index (χ4v) is 4.59. The number of rotatable bonds is 3. The molecule has 0 bridgehead atoms. The van der Waals surface area contributed by atoms with Gasteiger partial charge in [-0.2, -0.15) is 0 Å². The van der Waals surface area contributed by atoms with Gasteiger partial charge in [0.05, 0.1) is 17.1 Å². The molecule has 0 unspecified atom stereocenters. The molecule has 3 heterocycles. The molecule has 2 aliphatic rings. The number of aromatic nitrogens is 1. The van der Waals surface area contributed by atoms with Crippen molar-refractivity contribution in [3.63, 3.8) is 0 Å². The third-order valence-electron chi connectivity index (χ3n) is 5.21. The molecule has 1 aromatic heterocycles. The zero-order valence-electron chi connectivity index (χ0n) is 14.6. The molecule has 4 rings (SSSR count). The largest absolute Gasteiger partial charge is 0.354 e. The van der Waals surface area contributed by atoms with Gasteiger partial charge >= 0.3 is 0 Å². The van der Waals surface area contributed by atoms with Gasteiger partial charge in [-0.25, -0.2) is 4.98 Å². The quantitative estimate of drug-likeness (QED) is 0.738. The number of nitrogens with zero attached hydrogens (tertiary/aromatic N) is 4. The second kappa shape index (κ2) is 7.71. The summed E-state index contributed by atoms with van der Waals surface area (Å²) in [4.78, 5) is 23.6. The van der Waals surface area contributed by atoms with E-state index >= 15 is 0 Å². The number of amides is 1. The molecule has 1 amide bonds. The van der Waals surface area contributed by atoms with E-state index in [0.29, 0.717) is 11.6 Å². The highest BCUT2D eigenvalue weighted by molar-refractivity contribution is 9.10. The number of hydrogen-bond acceptors (Lipinski definition) is 4. The number of pyridine rings is 1. The van der Waals surface area contributed by atoms with E-state index in [9.17, 15) is 4.79 Å². The number of anilines is 1. The molecule has 26 heavy (non-hydrogen) atoms. The minimum Gasteiger partial charge on any atom is -0.354 e. The minimum absolute atomic E-state index is 0.275. The Morgan fingerprint density at radius 1 is 1.08 bits per heavy atom. The fourth-order valence-electron chi connectivity index (χ4n) is 3.72. The van der Waals surface area contributed by atoms with E-state index < -0.39 is 0 Å². The van der Waals surface area contributed by atoms with E-state index in [-0.39, 0.29) is 5.91 Å². The van der Waals surface area contributed by atoms with E-state index in [1.165, 1.54) is 0 Å². The Balaban J connectivity index is 1.40. The Kier molecular flexibility index (Phi) is 5.34. The van der Waals surface area contributed by atoms with Crippen molar-refractivity contribution < 1.29 is 4.79 Å². The predicted molar refractivity (Wildman–Crippen MR) is 109 cm³/mol. The summed E-state index contributed by atoms with van der Waals surface area (Å²) >= 11 is 9.82. The third kappa shape index (κ3) is 3.82. The molecule has 5 nitrogen and oxygen atoms in total. The first-order chi connectivity index (χ1) is 12.6. The number of hydrogen-bond donors (Lipinski definition) is 0. The van der Waals surface area contributed by atoms with Gasteiger partial charge in [0.25, 0.3) is 0 Å². The second-order valence-corrected chi connectivity index (χ2v) is 8.30. The van der Waals surface area contributed by atoms with Crippen LogP contribution in [0.4, 0.5) is 5.82 Å². The van der Waals surface area contributed by atoms with Gasteiger partial charge in [0, 0.05) is 49.1 Å². The number of fused-ring (bicyclic) bond motifs is 1. The van der Waals surface area contributed by atoms with Crippen LogP contribution in [0.15, 0.2) is 28.7 Å². The van der Waals surface area contributed by atoms with Crippen molar-refractivity contribution in [2.24, 2.45) is 0 Å². The van der Waals surface area contributed by atoms with Crippen LogP contribution in [0.25, 0.3) is 10.9 Å². The number of carbonyl (C=O) groups is 1. The average molecular weight is 438 g/mol. The van der Waals surface area contributed by atoms with E-state index in [2.05, 4.69) is 37.9 Å². The maximum atomic E-state index is 12.3. The molecule has 1 aromatic carbocycles. The Labute approximate surface area is 167 Å². The summed E-state index contributed by atoms with van der Waals surface area (Å²) in [5.74, 6) is 1.23. The van der Waals surface area contributed by atoms with Crippen molar-refractivity contribution >= 4 is 50.2 Å². The Hall–Kier alpha value is -1.37. The van der Waals surface area contributed by atoms with Crippen molar-refractivity contribution in [3.05, 3.63) is 33.8 Å². The molecule has 138 valence electrons.